The number of aromatic amines is 1. The van der Waals surface area contributed by atoms with E-state index in [4.69, 9.17) is 10.5 Å². The van der Waals surface area contributed by atoms with E-state index in [-0.39, 0.29) is 38.3 Å². The van der Waals surface area contributed by atoms with Crippen molar-refractivity contribution < 1.29 is 39.5 Å². The molecule has 0 radical (unpaired) electrons. The average Bonchev–Trinajstić information content (AvgIpc) is 3.26. The van der Waals surface area contributed by atoms with Gasteiger partial charge in [-0.3, -0.25) is 5.10 Å². The van der Waals surface area contributed by atoms with Gasteiger partial charge in [0.25, 0.3) is 0 Å². The minimum atomic E-state index is -4.83. The summed E-state index contributed by atoms with van der Waals surface area (Å²) in [5.74, 6) is -0.853. The van der Waals surface area contributed by atoms with Crippen LogP contribution in [0.4, 0.5) is 26.3 Å². The van der Waals surface area contributed by atoms with Crippen molar-refractivity contribution in [1.82, 2.24) is 14.5 Å². The third-order valence-electron chi connectivity index (χ3n) is 7.15. The predicted molar refractivity (Wildman–Crippen MR) is 139 cm³/mol. The topological polar surface area (TPSA) is 125 Å². The molecule has 42 heavy (non-hydrogen) atoms. The number of H-pyrrole nitrogens is 1. The SMILES string of the molecule is Cc1[nH]nc2c1[C@](c1cc(-c3ccc(S(=O)(=O)N(C)CC(F)(F)F)cc3)cc(C(F)(F)F)c1)(C(C)C)C(C#N)=C(N)O2. The van der Waals surface area contributed by atoms with Crippen LogP contribution in [0.1, 0.15) is 36.2 Å². The molecule has 0 spiro atoms. The maximum absolute atomic E-state index is 14.3. The number of hydrogen-bond acceptors (Lipinski definition) is 6. The van der Waals surface area contributed by atoms with Gasteiger partial charge in [0.2, 0.25) is 21.8 Å². The molecule has 0 bridgehead atoms. The number of nitriles is 1. The molecule has 0 saturated heterocycles. The largest absolute Gasteiger partial charge is 0.420 e. The Hall–Kier alpha value is -4.03. The van der Waals surface area contributed by atoms with E-state index in [1.165, 1.54) is 18.2 Å². The Bertz CT molecular complexity index is 1700. The van der Waals surface area contributed by atoms with Gasteiger partial charge in [0, 0.05) is 12.7 Å². The summed E-state index contributed by atoms with van der Waals surface area (Å²) < 4.78 is 112. The number of aromatic nitrogens is 2. The molecule has 3 N–H and O–H groups in total. The van der Waals surface area contributed by atoms with Gasteiger partial charge in [-0.2, -0.15) is 35.9 Å². The summed E-state index contributed by atoms with van der Waals surface area (Å²) in [5, 5.41) is 17.0. The van der Waals surface area contributed by atoms with Crippen LogP contribution in [0.25, 0.3) is 11.1 Å². The van der Waals surface area contributed by atoms with E-state index in [0.717, 1.165) is 31.3 Å². The summed E-state index contributed by atoms with van der Waals surface area (Å²) >= 11 is 0. The number of nitrogens with zero attached hydrogens (tertiary/aromatic N) is 3. The van der Waals surface area contributed by atoms with E-state index >= 15 is 0 Å². The van der Waals surface area contributed by atoms with Crippen LogP contribution < -0.4 is 10.5 Å². The highest BCUT2D eigenvalue weighted by atomic mass is 32.2. The number of aryl methyl sites for hydroxylation is 1. The van der Waals surface area contributed by atoms with Gasteiger partial charge in [-0.1, -0.05) is 26.0 Å². The number of halogens is 6. The monoisotopic (exact) mass is 613 g/mol. The second-order valence-electron chi connectivity index (χ2n) is 10.1. The average molecular weight is 614 g/mol. The number of ether oxygens (including phenoxy) is 1. The molecule has 1 aliphatic rings. The highest BCUT2D eigenvalue weighted by Crippen LogP contribution is 2.53. The van der Waals surface area contributed by atoms with Gasteiger partial charge in [0.1, 0.15) is 18.2 Å². The lowest BCUT2D eigenvalue weighted by atomic mass is 9.61. The first kappa shape index (κ1) is 30.9. The van der Waals surface area contributed by atoms with Gasteiger partial charge < -0.3 is 10.5 Å². The number of nitrogens with one attached hydrogen (secondary N) is 1. The molecule has 1 aliphatic heterocycles. The fourth-order valence-electron chi connectivity index (χ4n) is 5.28. The Morgan fingerprint density at radius 3 is 2.24 bits per heavy atom. The molecule has 224 valence electrons. The maximum atomic E-state index is 14.3. The van der Waals surface area contributed by atoms with Crippen LogP contribution in [-0.4, -0.2) is 42.7 Å². The zero-order valence-corrected chi connectivity index (χ0v) is 23.5. The first-order valence-electron chi connectivity index (χ1n) is 12.3. The zero-order chi connectivity index (χ0) is 31.4. The molecular formula is C27H25F6N5O3S. The third kappa shape index (κ3) is 5.20. The standard InChI is InChI=1S/C27H25F6N5O3S/c1-14(2)26(21(12-34)23(35)41-24-22(26)15(3)36-37-24)18-9-17(10-19(11-18)27(31,32)33)16-5-7-20(8-6-16)42(39,40)38(4)13-25(28,29)30/h5-11,14H,13,35H2,1-4H3,(H,36,37)/t26-/m0/s1. The molecule has 2 aromatic carbocycles. The van der Waals surface area contributed by atoms with Crippen molar-refractivity contribution in [2.75, 3.05) is 13.6 Å². The van der Waals surface area contributed by atoms with Crippen molar-refractivity contribution in [2.24, 2.45) is 11.7 Å². The van der Waals surface area contributed by atoms with Gasteiger partial charge >= 0.3 is 12.4 Å². The predicted octanol–water partition coefficient (Wildman–Crippen LogP) is 5.62. The lowest BCUT2D eigenvalue weighted by Crippen LogP contribution is -2.41. The van der Waals surface area contributed by atoms with E-state index in [1.54, 1.807) is 20.8 Å². The van der Waals surface area contributed by atoms with Gasteiger partial charge in [-0.15, -0.1) is 5.10 Å². The number of fused-ring (bicyclic) bond motifs is 1. The van der Waals surface area contributed by atoms with Crippen LogP contribution >= 0.6 is 0 Å². The van der Waals surface area contributed by atoms with Crippen LogP contribution in [0, 0.1) is 24.2 Å². The van der Waals surface area contributed by atoms with Crippen molar-refractivity contribution in [3.63, 3.8) is 0 Å². The third-order valence-corrected chi connectivity index (χ3v) is 8.96. The number of nitrogens with two attached hydrogens (primary N) is 1. The Balaban J connectivity index is 1.95. The summed E-state index contributed by atoms with van der Waals surface area (Å²) in [6.07, 6.45) is -9.60. The molecular weight excluding hydrogens is 588 g/mol. The number of allylic oxidation sites excluding steroid dienone is 1. The smallest absolute Gasteiger partial charge is 0.416 e. The van der Waals surface area contributed by atoms with Gasteiger partial charge in [-0.25, -0.2) is 8.42 Å². The second kappa shape index (κ2) is 10.4. The Kier molecular flexibility index (Phi) is 7.62. The van der Waals surface area contributed by atoms with Crippen molar-refractivity contribution in [2.45, 2.75) is 43.4 Å². The summed E-state index contributed by atoms with van der Waals surface area (Å²) in [6, 6.07) is 9.64. The molecule has 0 fully saturated rings. The summed E-state index contributed by atoms with van der Waals surface area (Å²) in [6.45, 7) is 3.33. The highest BCUT2D eigenvalue weighted by molar-refractivity contribution is 7.89. The van der Waals surface area contributed by atoms with E-state index in [0.29, 0.717) is 11.3 Å². The quantitative estimate of drug-likeness (QED) is 0.348. The Labute approximate surface area is 237 Å². The molecule has 0 unspecified atom stereocenters. The van der Waals surface area contributed by atoms with Crippen LogP contribution in [0.2, 0.25) is 0 Å². The lowest BCUT2D eigenvalue weighted by molar-refractivity contribution is -0.137. The van der Waals surface area contributed by atoms with Gasteiger partial charge in [0.05, 0.1) is 21.4 Å². The van der Waals surface area contributed by atoms with Crippen molar-refractivity contribution in [3.8, 4) is 23.1 Å². The minimum absolute atomic E-state index is 0.00852. The highest BCUT2D eigenvalue weighted by Gasteiger charge is 2.51. The van der Waals surface area contributed by atoms with E-state index in [9.17, 15) is 40.0 Å². The van der Waals surface area contributed by atoms with Crippen molar-refractivity contribution in [3.05, 3.63) is 76.3 Å². The molecule has 4 rings (SSSR count). The van der Waals surface area contributed by atoms with E-state index < -0.39 is 50.7 Å². The van der Waals surface area contributed by atoms with E-state index in [2.05, 4.69) is 10.2 Å². The molecule has 1 aromatic heterocycles. The molecule has 0 amide bonds. The summed E-state index contributed by atoms with van der Waals surface area (Å²) in [4.78, 5) is -0.477. The van der Waals surface area contributed by atoms with Crippen molar-refractivity contribution >= 4 is 10.0 Å². The number of alkyl halides is 6. The second-order valence-corrected chi connectivity index (χ2v) is 12.2. The van der Waals surface area contributed by atoms with Crippen molar-refractivity contribution in [1.29, 1.82) is 5.26 Å². The summed E-state index contributed by atoms with van der Waals surface area (Å²) in [7, 11) is -3.77. The maximum Gasteiger partial charge on any atom is 0.416 e. The van der Waals surface area contributed by atoms with Gasteiger partial charge in [0.15, 0.2) is 0 Å². The molecule has 2 heterocycles. The van der Waals surface area contributed by atoms with Crippen LogP contribution in [0.3, 0.4) is 0 Å². The molecule has 3 aromatic rings. The number of hydrogen-bond donors (Lipinski definition) is 2. The molecule has 8 nitrogen and oxygen atoms in total. The first-order chi connectivity index (χ1) is 19.3. The first-order valence-corrected chi connectivity index (χ1v) is 13.8. The lowest BCUT2D eigenvalue weighted by Gasteiger charge is -2.41. The van der Waals surface area contributed by atoms with Crippen LogP contribution in [-0.2, 0) is 21.6 Å². The normalized spacial score (nSPS) is 17.8. The molecule has 0 saturated carbocycles. The summed E-state index contributed by atoms with van der Waals surface area (Å²) in [5.41, 5.74) is 4.37. The fourth-order valence-corrected chi connectivity index (χ4v) is 6.44. The fraction of sp³-hybridized carbons (Fsp3) is 0.333. The Morgan fingerprint density at radius 2 is 1.71 bits per heavy atom. The number of rotatable bonds is 6. The van der Waals surface area contributed by atoms with Crippen LogP contribution in [0.15, 0.2) is 58.8 Å². The minimum Gasteiger partial charge on any atom is -0.420 e. The number of benzene rings is 2. The molecule has 1 atom stereocenters. The van der Waals surface area contributed by atoms with E-state index in [1.807, 2.05) is 6.07 Å². The van der Waals surface area contributed by atoms with Crippen LogP contribution in [0.5, 0.6) is 5.88 Å². The van der Waals surface area contributed by atoms with Gasteiger partial charge in [-0.05, 0) is 59.9 Å². The zero-order valence-electron chi connectivity index (χ0n) is 22.6. The molecule has 15 heteroatoms. The number of sulfonamides is 1. The Morgan fingerprint density at radius 1 is 1.10 bits per heavy atom. The molecule has 0 aliphatic carbocycles.